The molecule has 166 valence electrons. The number of unbranched alkanes of at least 4 members (excludes halogenated alkanes) is 3. The minimum absolute atomic E-state index is 0.0567. The zero-order valence-electron chi connectivity index (χ0n) is 18.5. The Kier molecular flexibility index (Phi) is 10.6. The van der Waals surface area contributed by atoms with Crippen molar-refractivity contribution in [2.75, 3.05) is 6.54 Å². The smallest absolute Gasteiger partial charge is 0.306 e. The number of amides is 1. The van der Waals surface area contributed by atoms with Crippen LogP contribution >= 0.6 is 0 Å². The molecule has 30 heavy (non-hydrogen) atoms. The number of piperidine rings is 1. The Bertz CT molecular complexity index is 671. The summed E-state index contributed by atoms with van der Waals surface area (Å²) >= 11 is 0. The van der Waals surface area contributed by atoms with Crippen molar-refractivity contribution in [3.63, 3.8) is 0 Å². The number of aliphatic hydroxyl groups is 1. The maximum atomic E-state index is 12.4. The fraction of sp³-hybridized carbons (Fsp3) is 0.600. The summed E-state index contributed by atoms with van der Waals surface area (Å²) in [5, 5.41) is 10.3. The van der Waals surface area contributed by atoms with Gasteiger partial charge in [0, 0.05) is 25.8 Å². The average molecular weight is 416 g/mol. The predicted molar refractivity (Wildman–Crippen MR) is 119 cm³/mol. The topological polar surface area (TPSA) is 66.8 Å². The summed E-state index contributed by atoms with van der Waals surface area (Å²) in [6, 6.07) is 10.00. The van der Waals surface area contributed by atoms with E-state index in [1.54, 1.807) is 0 Å². The number of carbonyl (C=O) groups excluding carboxylic acids is 2. The number of rotatable bonds is 12. The Balaban J connectivity index is 1.73. The van der Waals surface area contributed by atoms with Gasteiger partial charge in [-0.3, -0.25) is 9.59 Å². The lowest BCUT2D eigenvalue weighted by Gasteiger charge is -2.34. The molecule has 0 aliphatic carbocycles. The molecule has 1 N–H and O–H groups in total. The van der Waals surface area contributed by atoms with Gasteiger partial charge in [0.2, 0.25) is 5.91 Å². The van der Waals surface area contributed by atoms with Gasteiger partial charge >= 0.3 is 5.97 Å². The van der Waals surface area contributed by atoms with Crippen LogP contribution in [0.2, 0.25) is 0 Å². The highest BCUT2D eigenvalue weighted by atomic mass is 16.5. The number of carbonyl (C=O) groups is 2. The standard InChI is InChI=1S/C25H37NO4/c1-20(2)30-25(29)15-8-3-4-9-18-26-22(13-10-14-24(26)28)16-17-23(27)19-21-11-6-5-7-12-21/h5-7,11-12,16-17,20,22-23,27H,3-4,8-10,13-15,18-19H2,1-2H3/t22-,23-/m1/s1. The molecule has 1 fully saturated rings. The lowest BCUT2D eigenvalue weighted by molar-refractivity contribution is -0.147. The van der Waals surface area contributed by atoms with E-state index in [1.165, 1.54) is 0 Å². The van der Waals surface area contributed by atoms with Gasteiger partial charge in [-0.2, -0.15) is 0 Å². The second-order valence-electron chi connectivity index (χ2n) is 8.39. The molecule has 0 bridgehead atoms. The summed E-state index contributed by atoms with van der Waals surface area (Å²) in [5.41, 5.74) is 1.10. The first-order valence-corrected chi connectivity index (χ1v) is 11.3. The SMILES string of the molecule is CC(C)OC(=O)CCCCCCN1C(=O)CCC[C@@H]1C=C[C@@H](O)Cc1ccccc1. The van der Waals surface area contributed by atoms with Gasteiger partial charge in [-0.05, 0) is 45.1 Å². The van der Waals surface area contributed by atoms with E-state index >= 15 is 0 Å². The number of hydrogen-bond acceptors (Lipinski definition) is 4. The molecule has 2 atom stereocenters. The van der Waals surface area contributed by atoms with Crippen molar-refractivity contribution in [3.05, 3.63) is 48.0 Å². The van der Waals surface area contributed by atoms with Gasteiger partial charge in [0.05, 0.1) is 18.2 Å². The summed E-state index contributed by atoms with van der Waals surface area (Å²) < 4.78 is 5.14. The third-order valence-electron chi connectivity index (χ3n) is 5.35. The Labute approximate surface area is 181 Å². The van der Waals surface area contributed by atoms with Crippen molar-refractivity contribution in [3.8, 4) is 0 Å². The number of benzene rings is 1. The van der Waals surface area contributed by atoms with E-state index in [2.05, 4.69) is 0 Å². The zero-order chi connectivity index (χ0) is 21.8. The van der Waals surface area contributed by atoms with Gasteiger partial charge in [0.25, 0.3) is 0 Å². The number of aliphatic hydroxyl groups excluding tert-OH is 1. The first-order chi connectivity index (χ1) is 14.5. The minimum atomic E-state index is -0.545. The van der Waals surface area contributed by atoms with E-state index in [-0.39, 0.29) is 24.0 Å². The zero-order valence-corrected chi connectivity index (χ0v) is 18.5. The monoisotopic (exact) mass is 415 g/mol. The van der Waals surface area contributed by atoms with Crippen LogP contribution in [-0.2, 0) is 20.7 Å². The molecule has 0 aromatic heterocycles. The largest absolute Gasteiger partial charge is 0.463 e. The van der Waals surface area contributed by atoms with Gasteiger partial charge < -0.3 is 14.7 Å². The first-order valence-electron chi connectivity index (χ1n) is 11.3. The Morgan fingerprint density at radius 3 is 2.67 bits per heavy atom. The van der Waals surface area contributed by atoms with Crippen LogP contribution in [0.15, 0.2) is 42.5 Å². The minimum Gasteiger partial charge on any atom is -0.463 e. The molecule has 0 radical (unpaired) electrons. The molecule has 1 aliphatic rings. The van der Waals surface area contributed by atoms with E-state index in [1.807, 2.05) is 61.2 Å². The molecule has 5 nitrogen and oxygen atoms in total. The van der Waals surface area contributed by atoms with Crippen LogP contribution in [0.3, 0.4) is 0 Å². The Morgan fingerprint density at radius 2 is 1.93 bits per heavy atom. The number of nitrogens with zero attached hydrogens (tertiary/aromatic N) is 1. The molecule has 5 heteroatoms. The fourth-order valence-corrected chi connectivity index (χ4v) is 3.84. The fourth-order valence-electron chi connectivity index (χ4n) is 3.84. The van der Waals surface area contributed by atoms with Crippen molar-refractivity contribution >= 4 is 11.9 Å². The third-order valence-corrected chi connectivity index (χ3v) is 5.35. The first kappa shape index (κ1) is 24.1. The Hall–Kier alpha value is -2.14. The van der Waals surface area contributed by atoms with E-state index in [9.17, 15) is 14.7 Å². The molecule has 1 aromatic rings. The predicted octanol–water partition coefficient (Wildman–Crippen LogP) is 4.43. The van der Waals surface area contributed by atoms with Crippen molar-refractivity contribution in [1.82, 2.24) is 4.90 Å². The van der Waals surface area contributed by atoms with Gasteiger partial charge in [-0.1, -0.05) is 55.3 Å². The second kappa shape index (κ2) is 13.2. The summed E-state index contributed by atoms with van der Waals surface area (Å²) in [4.78, 5) is 25.9. The highest BCUT2D eigenvalue weighted by Crippen LogP contribution is 2.21. The molecule has 1 aliphatic heterocycles. The number of likely N-dealkylation sites (tertiary alicyclic amines) is 1. The molecule has 1 aromatic carbocycles. The van der Waals surface area contributed by atoms with Crippen LogP contribution in [-0.4, -0.2) is 46.7 Å². The molecular formula is C25H37NO4. The molecule has 1 amide bonds. The second-order valence-corrected chi connectivity index (χ2v) is 8.39. The van der Waals surface area contributed by atoms with E-state index in [0.717, 1.165) is 50.6 Å². The van der Waals surface area contributed by atoms with Gasteiger partial charge in [0.15, 0.2) is 0 Å². The maximum Gasteiger partial charge on any atom is 0.306 e. The quantitative estimate of drug-likeness (QED) is 0.312. The summed E-state index contributed by atoms with van der Waals surface area (Å²) in [5.74, 6) is 0.0735. The Morgan fingerprint density at radius 1 is 1.20 bits per heavy atom. The molecule has 2 rings (SSSR count). The molecule has 1 saturated heterocycles. The lowest BCUT2D eigenvalue weighted by Crippen LogP contribution is -2.43. The van der Waals surface area contributed by atoms with E-state index < -0.39 is 6.10 Å². The van der Waals surface area contributed by atoms with Gasteiger partial charge in [-0.25, -0.2) is 0 Å². The third kappa shape index (κ3) is 9.12. The van der Waals surface area contributed by atoms with Crippen LogP contribution in [0.4, 0.5) is 0 Å². The van der Waals surface area contributed by atoms with Crippen LogP contribution in [0.25, 0.3) is 0 Å². The summed E-state index contributed by atoms with van der Waals surface area (Å²) in [6.07, 6.45) is 10.5. The molecule has 0 unspecified atom stereocenters. The van der Waals surface area contributed by atoms with Crippen molar-refractivity contribution in [2.45, 2.75) is 89.9 Å². The van der Waals surface area contributed by atoms with Crippen molar-refractivity contribution in [2.24, 2.45) is 0 Å². The highest BCUT2D eigenvalue weighted by Gasteiger charge is 2.25. The average Bonchev–Trinajstić information content (AvgIpc) is 2.70. The number of ether oxygens (including phenoxy) is 1. The summed E-state index contributed by atoms with van der Waals surface area (Å²) in [7, 11) is 0. The van der Waals surface area contributed by atoms with Crippen molar-refractivity contribution in [1.29, 1.82) is 0 Å². The maximum absolute atomic E-state index is 12.4. The van der Waals surface area contributed by atoms with E-state index in [0.29, 0.717) is 19.3 Å². The van der Waals surface area contributed by atoms with Crippen LogP contribution < -0.4 is 0 Å². The van der Waals surface area contributed by atoms with Crippen LogP contribution in [0, 0.1) is 0 Å². The van der Waals surface area contributed by atoms with Crippen molar-refractivity contribution < 1.29 is 19.4 Å². The lowest BCUT2D eigenvalue weighted by atomic mass is 9.99. The van der Waals surface area contributed by atoms with E-state index in [4.69, 9.17) is 4.74 Å². The molecule has 0 saturated carbocycles. The van der Waals surface area contributed by atoms with Crippen LogP contribution in [0.1, 0.15) is 70.8 Å². The molecule has 0 spiro atoms. The van der Waals surface area contributed by atoms with Crippen LogP contribution in [0.5, 0.6) is 0 Å². The molecule has 1 heterocycles. The summed E-state index contributed by atoms with van der Waals surface area (Å²) in [6.45, 7) is 4.46. The van der Waals surface area contributed by atoms with Gasteiger partial charge in [0.1, 0.15) is 0 Å². The highest BCUT2D eigenvalue weighted by molar-refractivity contribution is 5.77. The normalized spacial score (nSPS) is 18.2. The number of hydrogen-bond donors (Lipinski definition) is 1. The molecular weight excluding hydrogens is 378 g/mol. The van der Waals surface area contributed by atoms with Gasteiger partial charge in [-0.15, -0.1) is 0 Å². The number of esters is 1.